The van der Waals surface area contributed by atoms with Gasteiger partial charge in [0.05, 0.1) is 6.61 Å². The fourth-order valence-electron chi connectivity index (χ4n) is 3.34. The van der Waals surface area contributed by atoms with Gasteiger partial charge in [0.1, 0.15) is 12.7 Å². The number of rotatable bonds is 16. The zero-order valence-corrected chi connectivity index (χ0v) is 15.8. The molecule has 0 fully saturated rings. The monoisotopic (exact) mass is 354 g/mol. The second-order valence-corrected chi connectivity index (χ2v) is 7.36. The highest BCUT2D eigenvalue weighted by Gasteiger charge is 2.08. The SMILES string of the molecule is O=C(CCCCCCCCCCCC[C@H]1C=CCC1)OCC(O)CO. The van der Waals surface area contributed by atoms with Crippen LogP contribution >= 0.6 is 0 Å². The van der Waals surface area contributed by atoms with Crippen LogP contribution in [0, 0.1) is 5.92 Å². The molecule has 4 heteroatoms. The second kappa shape index (κ2) is 15.4. The molecule has 0 aromatic heterocycles. The molecule has 4 nitrogen and oxygen atoms in total. The molecule has 146 valence electrons. The fourth-order valence-corrected chi connectivity index (χ4v) is 3.34. The zero-order valence-electron chi connectivity index (χ0n) is 15.8. The van der Waals surface area contributed by atoms with Gasteiger partial charge in [-0.05, 0) is 31.6 Å². The standard InChI is InChI=1S/C21H38O4/c22-17-20(23)18-25-21(24)16-10-8-6-4-2-1-3-5-7-9-13-19-14-11-12-15-19/h11,14,19-20,22-23H,1-10,12-13,15-18H2/t19-,20?/m0/s1. The Hall–Kier alpha value is -0.870. The largest absolute Gasteiger partial charge is 0.463 e. The van der Waals surface area contributed by atoms with Crippen LogP contribution in [0.3, 0.4) is 0 Å². The number of unbranched alkanes of at least 4 members (excludes halogenated alkanes) is 9. The summed E-state index contributed by atoms with van der Waals surface area (Å²) in [6.07, 6.45) is 20.7. The highest BCUT2D eigenvalue weighted by molar-refractivity contribution is 5.69. The first-order valence-electron chi connectivity index (χ1n) is 10.3. The highest BCUT2D eigenvalue weighted by atomic mass is 16.5. The number of aliphatic hydroxyl groups is 2. The number of aliphatic hydroxyl groups excluding tert-OH is 2. The number of hydrogen-bond acceptors (Lipinski definition) is 4. The number of esters is 1. The van der Waals surface area contributed by atoms with Crippen molar-refractivity contribution < 1.29 is 19.7 Å². The molecule has 0 saturated carbocycles. The highest BCUT2D eigenvalue weighted by Crippen LogP contribution is 2.23. The van der Waals surface area contributed by atoms with Crippen LogP contribution in [0.15, 0.2) is 12.2 Å². The molecule has 0 radical (unpaired) electrons. The third-order valence-corrected chi connectivity index (χ3v) is 4.97. The zero-order chi connectivity index (χ0) is 18.2. The minimum absolute atomic E-state index is 0.104. The lowest BCUT2D eigenvalue weighted by molar-refractivity contribution is -0.147. The third-order valence-electron chi connectivity index (χ3n) is 4.97. The molecule has 1 rings (SSSR count). The normalized spacial score (nSPS) is 17.8. The van der Waals surface area contributed by atoms with Crippen LogP contribution in [0.2, 0.25) is 0 Å². The lowest BCUT2D eigenvalue weighted by atomic mass is 9.99. The van der Waals surface area contributed by atoms with Gasteiger partial charge in [-0.3, -0.25) is 4.79 Å². The summed E-state index contributed by atoms with van der Waals surface area (Å²) in [4.78, 5) is 11.4. The van der Waals surface area contributed by atoms with Crippen molar-refractivity contribution in [1.29, 1.82) is 0 Å². The Kier molecular flexibility index (Phi) is 13.6. The molecule has 1 unspecified atom stereocenters. The molecule has 0 aromatic carbocycles. The quantitative estimate of drug-likeness (QED) is 0.243. The van der Waals surface area contributed by atoms with Gasteiger partial charge in [0.15, 0.2) is 0 Å². The molecule has 2 atom stereocenters. The summed E-state index contributed by atoms with van der Waals surface area (Å²) in [5.41, 5.74) is 0. The van der Waals surface area contributed by atoms with Crippen LogP contribution in [-0.4, -0.2) is 35.5 Å². The number of allylic oxidation sites excluding steroid dienone is 2. The lowest BCUT2D eigenvalue weighted by Gasteiger charge is -2.08. The number of hydrogen-bond donors (Lipinski definition) is 2. The van der Waals surface area contributed by atoms with E-state index in [0.717, 1.165) is 18.8 Å². The summed E-state index contributed by atoms with van der Waals surface area (Å²) in [5, 5.41) is 17.7. The molecule has 0 spiro atoms. The molecular weight excluding hydrogens is 316 g/mol. The molecule has 1 aliphatic carbocycles. The van der Waals surface area contributed by atoms with Gasteiger partial charge in [-0.15, -0.1) is 0 Å². The van der Waals surface area contributed by atoms with Crippen LogP contribution in [-0.2, 0) is 9.53 Å². The molecule has 0 aromatic rings. The fraction of sp³-hybridized carbons (Fsp3) is 0.857. The maximum Gasteiger partial charge on any atom is 0.305 e. The third kappa shape index (κ3) is 13.1. The van der Waals surface area contributed by atoms with Crippen LogP contribution in [0.1, 0.15) is 89.9 Å². The van der Waals surface area contributed by atoms with Gasteiger partial charge in [-0.1, -0.05) is 69.9 Å². The van der Waals surface area contributed by atoms with Gasteiger partial charge in [0.25, 0.3) is 0 Å². The smallest absolute Gasteiger partial charge is 0.305 e. The predicted octanol–water partition coefficient (Wildman–Crippen LogP) is 4.53. The van der Waals surface area contributed by atoms with E-state index in [0.29, 0.717) is 6.42 Å². The molecular formula is C21H38O4. The summed E-state index contributed by atoms with van der Waals surface area (Å²) in [5.74, 6) is 0.595. The minimum Gasteiger partial charge on any atom is -0.463 e. The van der Waals surface area contributed by atoms with E-state index in [4.69, 9.17) is 14.9 Å². The average Bonchev–Trinajstić information content (AvgIpc) is 3.14. The van der Waals surface area contributed by atoms with Crippen molar-refractivity contribution >= 4 is 5.97 Å². The number of carbonyl (C=O) groups is 1. The first-order valence-corrected chi connectivity index (χ1v) is 10.3. The first-order chi connectivity index (χ1) is 12.2. The van der Waals surface area contributed by atoms with Crippen LogP contribution in [0.25, 0.3) is 0 Å². The van der Waals surface area contributed by atoms with Gasteiger partial charge < -0.3 is 14.9 Å². The van der Waals surface area contributed by atoms with Gasteiger partial charge >= 0.3 is 5.97 Å². The van der Waals surface area contributed by atoms with Crippen molar-refractivity contribution in [2.75, 3.05) is 13.2 Å². The van der Waals surface area contributed by atoms with Crippen LogP contribution in [0.5, 0.6) is 0 Å². The molecule has 0 saturated heterocycles. The Morgan fingerprint density at radius 2 is 1.60 bits per heavy atom. The van der Waals surface area contributed by atoms with E-state index in [-0.39, 0.29) is 19.2 Å². The summed E-state index contributed by atoms with van der Waals surface area (Å²) >= 11 is 0. The topological polar surface area (TPSA) is 66.8 Å². The summed E-state index contributed by atoms with van der Waals surface area (Å²) in [6.45, 7) is -0.474. The summed E-state index contributed by atoms with van der Waals surface area (Å²) < 4.78 is 4.87. The van der Waals surface area contributed by atoms with Gasteiger partial charge in [0, 0.05) is 6.42 Å². The van der Waals surface area contributed by atoms with Crippen LogP contribution in [0.4, 0.5) is 0 Å². The van der Waals surface area contributed by atoms with Gasteiger partial charge in [-0.2, -0.15) is 0 Å². The Morgan fingerprint density at radius 1 is 1.00 bits per heavy atom. The minimum atomic E-state index is -0.955. The molecule has 25 heavy (non-hydrogen) atoms. The van der Waals surface area contributed by atoms with Crippen molar-refractivity contribution in [1.82, 2.24) is 0 Å². The first kappa shape index (κ1) is 22.2. The second-order valence-electron chi connectivity index (χ2n) is 7.36. The maximum absolute atomic E-state index is 11.4. The van der Waals surface area contributed by atoms with E-state index in [2.05, 4.69) is 12.2 Å². The Bertz CT molecular complexity index is 354. The maximum atomic E-state index is 11.4. The van der Waals surface area contributed by atoms with Crippen molar-refractivity contribution in [2.24, 2.45) is 5.92 Å². The molecule has 0 heterocycles. The van der Waals surface area contributed by atoms with E-state index in [1.165, 1.54) is 70.6 Å². The van der Waals surface area contributed by atoms with E-state index in [9.17, 15) is 4.79 Å². The average molecular weight is 355 g/mol. The molecule has 0 aliphatic heterocycles. The molecule has 0 amide bonds. The van der Waals surface area contributed by atoms with Crippen LogP contribution < -0.4 is 0 Å². The Labute approximate surface area is 153 Å². The van der Waals surface area contributed by atoms with Gasteiger partial charge in [-0.25, -0.2) is 0 Å². The molecule has 0 bridgehead atoms. The van der Waals surface area contributed by atoms with E-state index in [1.807, 2.05) is 0 Å². The molecule has 1 aliphatic rings. The van der Waals surface area contributed by atoms with Crippen molar-refractivity contribution in [3.8, 4) is 0 Å². The van der Waals surface area contributed by atoms with Gasteiger partial charge in [0.2, 0.25) is 0 Å². The number of ether oxygens (including phenoxy) is 1. The number of carbonyl (C=O) groups excluding carboxylic acids is 1. The lowest BCUT2D eigenvalue weighted by Crippen LogP contribution is -2.21. The van der Waals surface area contributed by atoms with E-state index >= 15 is 0 Å². The predicted molar refractivity (Wildman–Crippen MR) is 101 cm³/mol. The summed E-state index contributed by atoms with van der Waals surface area (Å²) in [7, 11) is 0. The Morgan fingerprint density at radius 3 is 2.16 bits per heavy atom. The van der Waals surface area contributed by atoms with E-state index < -0.39 is 6.10 Å². The van der Waals surface area contributed by atoms with Crippen molar-refractivity contribution in [3.63, 3.8) is 0 Å². The Balaban J connectivity index is 1.74. The van der Waals surface area contributed by atoms with E-state index in [1.54, 1.807) is 0 Å². The summed E-state index contributed by atoms with van der Waals surface area (Å²) in [6, 6.07) is 0. The van der Waals surface area contributed by atoms with Crippen molar-refractivity contribution in [3.05, 3.63) is 12.2 Å². The van der Waals surface area contributed by atoms with Crippen molar-refractivity contribution in [2.45, 2.75) is 96.0 Å². The molecule has 2 N–H and O–H groups in total.